The largest absolute Gasteiger partial charge is 0.474 e. The van der Waals surface area contributed by atoms with Gasteiger partial charge in [0, 0.05) is 19.6 Å². The number of rotatable bonds is 6. The van der Waals surface area contributed by atoms with Gasteiger partial charge in [-0.3, -0.25) is 4.98 Å². The molecule has 90 valence electrons. The topological polar surface area (TPSA) is 64.3 Å². The minimum Gasteiger partial charge on any atom is -0.474 e. The summed E-state index contributed by atoms with van der Waals surface area (Å²) in [5, 5.41) is 0. The molecule has 0 saturated heterocycles. The van der Waals surface area contributed by atoms with E-state index in [0.717, 1.165) is 18.9 Å². The molecule has 5 heteroatoms. The predicted molar refractivity (Wildman–Crippen MR) is 64.7 cm³/mol. The molecule has 2 N–H and O–H groups in total. The van der Waals surface area contributed by atoms with Crippen molar-refractivity contribution in [3.05, 3.63) is 12.4 Å². The molecule has 0 aliphatic carbocycles. The Morgan fingerprint density at radius 3 is 2.75 bits per heavy atom. The molecule has 1 aromatic rings. The number of anilines is 1. The number of aromatic nitrogens is 2. The Hall–Kier alpha value is -1.36. The molecule has 1 heterocycles. The van der Waals surface area contributed by atoms with Crippen molar-refractivity contribution in [2.24, 2.45) is 5.73 Å². The molecule has 0 radical (unpaired) electrons. The third kappa shape index (κ3) is 3.66. The van der Waals surface area contributed by atoms with Crippen molar-refractivity contribution < 1.29 is 4.74 Å². The SMILES string of the molecule is CCN(CCN)c1cncc(OC(C)C)n1. The summed E-state index contributed by atoms with van der Waals surface area (Å²) >= 11 is 0. The lowest BCUT2D eigenvalue weighted by Gasteiger charge is -2.21. The third-order valence-electron chi connectivity index (χ3n) is 2.06. The fourth-order valence-electron chi connectivity index (χ4n) is 1.38. The van der Waals surface area contributed by atoms with Gasteiger partial charge in [0.2, 0.25) is 5.88 Å². The van der Waals surface area contributed by atoms with Crippen LogP contribution in [0.3, 0.4) is 0 Å². The minimum absolute atomic E-state index is 0.106. The van der Waals surface area contributed by atoms with Crippen molar-refractivity contribution in [1.82, 2.24) is 9.97 Å². The van der Waals surface area contributed by atoms with E-state index in [0.29, 0.717) is 12.4 Å². The maximum Gasteiger partial charge on any atom is 0.234 e. The zero-order valence-electron chi connectivity index (χ0n) is 10.2. The Morgan fingerprint density at radius 1 is 1.44 bits per heavy atom. The Labute approximate surface area is 96.6 Å². The first-order valence-corrected chi connectivity index (χ1v) is 5.61. The quantitative estimate of drug-likeness (QED) is 0.782. The van der Waals surface area contributed by atoms with Crippen molar-refractivity contribution in [2.75, 3.05) is 24.5 Å². The van der Waals surface area contributed by atoms with Crippen molar-refractivity contribution in [3.63, 3.8) is 0 Å². The molecule has 16 heavy (non-hydrogen) atoms. The standard InChI is InChI=1S/C11H20N4O/c1-4-15(6-5-12)10-7-13-8-11(14-10)16-9(2)3/h7-9H,4-6,12H2,1-3H3. The van der Waals surface area contributed by atoms with Crippen LogP contribution in [-0.4, -0.2) is 35.7 Å². The van der Waals surface area contributed by atoms with E-state index in [4.69, 9.17) is 10.5 Å². The highest BCUT2D eigenvalue weighted by molar-refractivity contribution is 5.37. The van der Waals surface area contributed by atoms with Gasteiger partial charge < -0.3 is 15.4 Å². The average molecular weight is 224 g/mol. The molecule has 5 nitrogen and oxygen atoms in total. The van der Waals surface area contributed by atoms with E-state index in [9.17, 15) is 0 Å². The van der Waals surface area contributed by atoms with Crippen LogP contribution < -0.4 is 15.4 Å². The second-order valence-corrected chi connectivity index (χ2v) is 3.75. The molecule has 0 spiro atoms. The predicted octanol–water partition coefficient (Wildman–Crippen LogP) is 1.05. The molecule has 1 aromatic heterocycles. The summed E-state index contributed by atoms with van der Waals surface area (Å²) in [7, 11) is 0. The highest BCUT2D eigenvalue weighted by Crippen LogP contribution is 2.14. The van der Waals surface area contributed by atoms with Crippen molar-refractivity contribution in [3.8, 4) is 5.88 Å². The summed E-state index contributed by atoms with van der Waals surface area (Å²) in [5.41, 5.74) is 5.54. The van der Waals surface area contributed by atoms with Crippen LogP contribution in [-0.2, 0) is 0 Å². The van der Waals surface area contributed by atoms with Gasteiger partial charge >= 0.3 is 0 Å². The normalized spacial score (nSPS) is 10.6. The molecule has 0 unspecified atom stereocenters. The number of nitrogens with zero attached hydrogens (tertiary/aromatic N) is 3. The third-order valence-corrected chi connectivity index (χ3v) is 2.06. The van der Waals surface area contributed by atoms with Gasteiger partial charge in [-0.05, 0) is 20.8 Å². The van der Waals surface area contributed by atoms with E-state index in [2.05, 4.69) is 21.8 Å². The van der Waals surface area contributed by atoms with E-state index in [1.165, 1.54) is 0 Å². The fourth-order valence-corrected chi connectivity index (χ4v) is 1.38. The van der Waals surface area contributed by atoms with Crippen LogP contribution in [0.1, 0.15) is 20.8 Å². The van der Waals surface area contributed by atoms with Crippen LogP contribution in [0.2, 0.25) is 0 Å². The van der Waals surface area contributed by atoms with Crippen LogP contribution in [0.25, 0.3) is 0 Å². The maximum atomic E-state index is 5.54. The van der Waals surface area contributed by atoms with Gasteiger partial charge in [-0.1, -0.05) is 0 Å². The molecule has 0 saturated carbocycles. The van der Waals surface area contributed by atoms with Crippen LogP contribution in [0.4, 0.5) is 5.82 Å². The van der Waals surface area contributed by atoms with Crippen LogP contribution in [0, 0.1) is 0 Å². The van der Waals surface area contributed by atoms with E-state index in [-0.39, 0.29) is 6.10 Å². The minimum atomic E-state index is 0.106. The van der Waals surface area contributed by atoms with Crippen molar-refractivity contribution in [2.45, 2.75) is 26.9 Å². The van der Waals surface area contributed by atoms with Crippen LogP contribution >= 0.6 is 0 Å². The smallest absolute Gasteiger partial charge is 0.234 e. The number of ether oxygens (including phenoxy) is 1. The lowest BCUT2D eigenvalue weighted by atomic mass is 10.4. The molecule has 0 bridgehead atoms. The van der Waals surface area contributed by atoms with Crippen molar-refractivity contribution in [1.29, 1.82) is 0 Å². The van der Waals surface area contributed by atoms with Gasteiger partial charge in [0.15, 0.2) is 5.82 Å². The number of hydrogen-bond donors (Lipinski definition) is 1. The van der Waals surface area contributed by atoms with Gasteiger partial charge in [-0.2, -0.15) is 4.98 Å². The van der Waals surface area contributed by atoms with E-state index in [1.807, 2.05) is 13.8 Å². The highest BCUT2D eigenvalue weighted by Gasteiger charge is 2.07. The van der Waals surface area contributed by atoms with Crippen LogP contribution in [0.5, 0.6) is 5.88 Å². The number of likely N-dealkylation sites (N-methyl/N-ethyl adjacent to an activating group) is 1. The lowest BCUT2D eigenvalue weighted by molar-refractivity contribution is 0.231. The fraction of sp³-hybridized carbons (Fsp3) is 0.636. The van der Waals surface area contributed by atoms with Gasteiger partial charge in [-0.25, -0.2) is 0 Å². The first-order chi connectivity index (χ1) is 7.67. The zero-order chi connectivity index (χ0) is 12.0. The molecule has 0 amide bonds. The molecule has 0 fully saturated rings. The molecule has 0 aliphatic heterocycles. The first-order valence-electron chi connectivity index (χ1n) is 5.61. The number of hydrogen-bond acceptors (Lipinski definition) is 5. The second kappa shape index (κ2) is 6.27. The van der Waals surface area contributed by atoms with Gasteiger partial charge in [0.25, 0.3) is 0 Å². The summed E-state index contributed by atoms with van der Waals surface area (Å²) in [6.45, 7) is 8.23. The van der Waals surface area contributed by atoms with E-state index < -0.39 is 0 Å². The maximum absolute atomic E-state index is 5.54. The van der Waals surface area contributed by atoms with Crippen molar-refractivity contribution >= 4 is 5.82 Å². The van der Waals surface area contributed by atoms with Gasteiger partial charge in [0.05, 0.1) is 18.5 Å². The highest BCUT2D eigenvalue weighted by atomic mass is 16.5. The zero-order valence-corrected chi connectivity index (χ0v) is 10.2. The Bertz CT molecular complexity index is 317. The Balaban J connectivity index is 2.79. The molecular formula is C11H20N4O. The van der Waals surface area contributed by atoms with Gasteiger partial charge in [0.1, 0.15) is 0 Å². The summed E-state index contributed by atoms with van der Waals surface area (Å²) in [4.78, 5) is 10.6. The van der Waals surface area contributed by atoms with Gasteiger partial charge in [-0.15, -0.1) is 0 Å². The first kappa shape index (κ1) is 12.7. The summed E-state index contributed by atoms with van der Waals surface area (Å²) in [5.74, 6) is 1.37. The van der Waals surface area contributed by atoms with E-state index >= 15 is 0 Å². The lowest BCUT2D eigenvalue weighted by Crippen LogP contribution is -2.30. The van der Waals surface area contributed by atoms with Crippen LogP contribution in [0.15, 0.2) is 12.4 Å². The Kier molecular flexibility index (Phi) is 4.98. The molecular weight excluding hydrogens is 204 g/mol. The van der Waals surface area contributed by atoms with E-state index in [1.54, 1.807) is 12.4 Å². The summed E-state index contributed by atoms with van der Waals surface area (Å²) in [6, 6.07) is 0. The molecule has 1 rings (SSSR count). The summed E-state index contributed by atoms with van der Waals surface area (Å²) in [6.07, 6.45) is 3.46. The summed E-state index contributed by atoms with van der Waals surface area (Å²) < 4.78 is 5.50. The molecule has 0 aliphatic rings. The molecule has 0 aromatic carbocycles. The number of nitrogens with two attached hydrogens (primary N) is 1. The molecule has 0 atom stereocenters. The Morgan fingerprint density at radius 2 is 2.19 bits per heavy atom. The second-order valence-electron chi connectivity index (χ2n) is 3.75. The monoisotopic (exact) mass is 224 g/mol. The average Bonchev–Trinajstić information content (AvgIpc) is 2.25.